The molecule has 1 aliphatic rings. The van der Waals surface area contributed by atoms with E-state index in [4.69, 9.17) is 4.74 Å². The number of aliphatic hydroxyl groups is 1. The maximum absolute atomic E-state index is 12.4. The first-order valence-corrected chi connectivity index (χ1v) is 5.97. The molecule has 1 fully saturated rings. The second kappa shape index (κ2) is 5.21. The van der Waals surface area contributed by atoms with Crippen LogP contribution in [0.2, 0.25) is 0 Å². The average molecular weight is 247 g/mol. The number of halogens is 1. The summed E-state index contributed by atoms with van der Waals surface area (Å²) in [6.45, 7) is 5.77. The largest absolute Gasteiger partial charge is 0.444 e. The van der Waals surface area contributed by atoms with Crippen molar-refractivity contribution in [3.8, 4) is 0 Å². The molecule has 1 rings (SSSR count). The molecule has 0 spiro atoms. The number of alkyl halides is 1. The monoisotopic (exact) mass is 247 g/mol. The molecule has 1 heterocycles. The lowest BCUT2D eigenvalue weighted by atomic mass is 9.85. The van der Waals surface area contributed by atoms with Gasteiger partial charge in [0.05, 0.1) is 13.3 Å². The highest BCUT2D eigenvalue weighted by atomic mass is 19.1. The van der Waals surface area contributed by atoms with Crippen LogP contribution in [0, 0.1) is 5.41 Å². The van der Waals surface area contributed by atoms with Gasteiger partial charge in [-0.1, -0.05) is 0 Å². The first-order chi connectivity index (χ1) is 7.82. The molecule has 0 aromatic carbocycles. The lowest BCUT2D eigenvalue weighted by Gasteiger charge is -2.27. The third-order valence-electron chi connectivity index (χ3n) is 3.05. The van der Waals surface area contributed by atoms with Gasteiger partial charge in [0.15, 0.2) is 0 Å². The number of hydrogen-bond donors (Lipinski definition) is 1. The average Bonchev–Trinajstić information content (AvgIpc) is 2.61. The fraction of sp³-hybridized carbons (Fsp3) is 0.917. The molecule has 0 aromatic rings. The Labute approximate surface area is 102 Å². The number of rotatable bonds is 3. The fourth-order valence-corrected chi connectivity index (χ4v) is 2.03. The number of ether oxygens (including phenoxy) is 1. The summed E-state index contributed by atoms with van der Waals surface area (Å²) in [5.74, 6) is 0. The summed E-state index contributed by atoms with van der Waals surface area (Å²) in [5.41, 5.74) is -1.01. The van der Waals surface area contributed by atoms with E-state index in [-0.39, 0.29) is 12.7 Å². The lowest BCUT2D eigenvalue weighted by Crippen LogP contribution is -2.38. The SMILES string of the molecule is CC(C)(C)OC(=O)N1CCC(CO)(CCF)C1. The molecule has 1 unspecified atom stereocenters. The van der Waals surface area contributed by atoms with Gasteiger partial charge in [0.25, 0.3) is 0 Å². The third kappa shape index (κ3) is 3.84. The Balaban J connectivity index is 2.57. The van der Waals surface area contributed by atoms with Gasteiger partial charge in [0.2, 0.25) is 0 Å². The van der Waals surface area contributed by atoms with Crippen LogP contribution in [0.1, 0.15) is 33.6 Å². The van der Waals surface area contributed by atoms with E-state index in [0.717, 1.165) is 0 Å². The van der Waals surface area contributed by atoms with E-state index < -0.39 is 17.7 Å². The summed E-state index contributed by atoms with van der Waals surface area (Å²) in [6, 6.07) is 0. The number of carbonyl (C=O) groups is 1. The predicted octanol–water partition coefficient (Wildman–Crippen LogP) is 1.97. The van der Waals surface area contributed by atoms with Gasteiger partial charge in [0, 0.05) is 18.5 Å². The second-order valence-electron chi connectivity index (χ2n) is 5.75. The van der Waals surface area contributed by atoms with Gasteiger partial charge >= 0.3 is 6.09 Å². The van der Waals surface area contributed by atoms with E-state index in [1.807, 2.05) is 20.8 Å². The van der Waals surface area contributed by atoms with Gasteiger partial charge in [-0.25, -0.2) is 4.79 Å². The molecule has 0 radical (unpaired) electrons. The molecular weight excluding hydrogens is 225 g/mol. The summed E-state index contributed by atoms with van der Waals surface area (Å²) >= 11 is 0. The van der Waals surface area contributed by atoms with Crippen molar-refractivity contribution < 1.29 is 19.0 Å². The molecule has 5 heteroatoms. The number of hydrogen-bond acceptors (Lipinski definition) is 3. The normalized spacial score (nSPS) is 25.1. The van der Waals surface area contributed by atoms with Crippen LogP contribution in [0.15, 0.2) is 0 Å². The van der Waals surface area contributed by atoms with Crippen LogP contribution in [-0.2, 0) is 4.74 Å². The van der Waals surface area contributed by atoms with Crippen molar-refractivity contribution in [2.75, 3.05) is 26.4 Å². The van der Waals surface area contributed by atoms with Crippen molar-refractivity contribution in [1.82, 2.24) is 4.90 Å². The Hall–Kier alpha value is -0.840. The van der Waals surface area contributed by atoms with Gasteiger partial charge in [-0.05, 0) is 33.6 Å². The lowest BCUT2D eigenvalue weighted by molar-refractivity contribution is 0.0246. The van der Waals surface area contributed by atoms with Gasteiger partial charge in [0.1, 0.15) is 5.60 Å². The van der Waals surface area contributed by atoms with Crippen molar-refractivity contribution in [1.29, 1.82) is 0 Å². The van der Waals surface area contributed by atoms with E-state index >= 15 is 0 Å². The standard InChI is InChI=1S/C12H22FNO3/c1-11(2,3)17-10(16)14-7-5-12(8-14,9-15)4-6-13/h15H,4-9H2,1-3H3. The van der Waals surface area contributed by atoms with Crippen LogP contribution < -0.4 is 0 Å². The first kappa shape index (κ1) is 14.2. The summed E-state index contributed by atoms with van der Waals surface area (Å²) in [6.07, 6.45) is 0.543. The summed E-state index contributed by atoms with van der Waals surface area (Å²) in [5, 5.41) is 9.33. The van der Waals surface area contributed by atoms with Crippen molar-refractivity contribution in [3.63, 3.8) is 0 Å². The Morgan fingerprint density at radius 3 is 2.65 bits per heavy atom. The second-order valence-corrected chi connectivity index (χ2v) is 5.75. The van der Waals surface area contributed by atoms with E-state index in [1.54, 1.807) is 4.90 Å². The minimum Gasteiger partial charge on any atom is -0.444 e. The molecule has 4 nitrogen and oxygen atoms in total. The van der Waals surface area contributed by atoms with Gasteiger partial charge in [-0.15, -0.1) is 0 Å². The van der Waals surface area contributed by atoms with Gasteiger partial charge in [-0.3, -0.25) is 4.39 Å². The van der Waals surface area contributed by atoms with Crippen molar-refractivity contribution in [2.24, 2.45) is 5.41 Å². The third-order valence-corrected chi connectivity index (χ3v) is 3.05. The molecule has 0 aromatic heterocycles. The minimum absolute atomic E-state index is 0.0871. The highest BCUT2D eigenvalue weighted by Gasteiger charge is 2.40. The summed E-state index contributed by atoms with van der Waals surface area (Å²) < 4.78 is 17.7. The molecule has 0 saturated carbocycles. The molecule has 1 saturated heterocycles. The Morgan fingerprint density at radius 2 is 2.18 bits per heavy atom. The van der Waals surface area contributed by atoms with E-state index in [9.17, 15) is 14.3 Å². The first-order valence-electron chi connectivity index (χ1n) is 5.97. The molecule has 0 bridgehead atoms. The fourth-order valence-electron chi connectivity index (χ4n) is 2.03. The summed E-state index contributed by atoms with van der Waals surface area (Å²) in [7, 11) is 0. The molecule has 100 valence electrons. The zero-order chi connectivity index (χ0) is 13.1. The van der Waals surface area contributed by atoms with Gasteiger partial charge in [-0.2, -0.15) is 0 Å². The molecule has 1 amide bonds. The van der Waals surface area contributed by atoms with Crippen LogP contribution in [0.25, 0.3) is 0 Å². The summed E-state index contributed by atoms with van der Waals surface area (Å²) in [4.78, 5) is 13.3. The topological polar surface area (TPSA) is 49.8 Å². The van der Waals surface area contributed by atoms with E-state index in [2.05, 4.69) is 0 Å². The van der Waals surface area contributed by atoms with Crippen LogP contribution in [0.4, 0.5) is 9.18 Å². The van der Waals surface area contributed by atoms with Crippen LogP contribution >= 0.6 is 0 Å². The van der Waals surface area contributed by atoms with Crippen LogP contribution in [-0.4, -0.2) is 48.1 Å². The molecule has 0 aliphatic carbocycles. The number of nitrogens with zero attached hydrogens (tertiary/aromatic N) is 1. The zero-order valence-electron chi connectivity index (χ0n) is 10.8. The van der Waals surface area contributed by atoms with Crippen molar-refractivity contribution in [3.05, 3.63) is 0 Å². The highest BCUT2D eigenvalue weighted by Crippen LogP contribution is 2.34. The van der Waals surface area contributed by atoms with E-state index in [0.29, 0.717) is 25.9 Å². The zero-order valence-corrected chi connectivity index (χ0v) is 10.8. The quantitative estimate of drug-likeness (QED) is 0.829. The minimum atomic E-state index is -0.526. The predicted molar refractivity (Wildman–Crippen MR) is 62.5 cm³/mol. The molecule has 1 N–H and O–H groups in total. The molecule has 17 heavy (non-hydrogen) atoms. The number of carbonyl (C=O) groups excluding carboxylic acids is 1. The number of amides is 1. The number of likely N-dealkylation sites (tertiary alicyclic amines) is 1. The Bertz CT molecular complexity index is 277. The smallest absolute Gasteiger partial charge is 0.410 e. The Kier molecular flexibility index (Phi) is 4.36. The van der Waals surface area contributed by atoms with Crippen molar-refractivity contribution in [2.45, 2.75) is 39.2 Å². The maximum atomic E-state index is 12.4. The van der Waals surface area contributed by atoms with Gasteiger partial charge < -0.3 is 14.7 Å². The van der Waals surface area contributed by atoms with Crippen LogP contribution in [0.3, 0.4) is 0 Å². The number of aliphatic hydroxyl groups excluding tert-OH is 1. The molecule has 1 aliphatic heterocycles. The molecular formula is C12H22FNO3. The maximum Gasteiger partial charge on any atom is 0.410 e. The Morgan fingerprint density at radius 1 is 1.53 bits per heavy atom. The molecule has 1 atom stereocenters. The highest BCUT2D eigenvalue weighted by molar-refractivity contribution is 5.68. The van der Waals surface area contributed by atoms with Crippen molar-refractivity contribution >= 4 is 6.09 Å². The van der Waals surface area contributed by atoms with Crippen LogP contribution in [0.5, 0.6) is 0 Å². The van der Waals surface area contributed by atoms with E-state index in [1.165, 1.54) is 0 Å².